The van der Waals surface area contributed by atoms with Crippen LogP contribution in [0, 0.1) is 11.6 Å². The number of nitrogens with zero attached hydrogens (tertiary/aromatic N) is 2. The van der Waals surface area contributed by atoms with Gasteiger partial charge in [0.1, 0.15) is 23.9 Å². The number of amides is 1. The Morgan fingerprint density at radius 1 is 1.20 bits per heavy atom. The number of benzene rings is 2. The van der Waals surface area contributed by atoms with Gasteiger partial charge in [0.05, 0.1) is 11.0 Å². The van der Waals surface area contributed by atoms with Gasteiger partial charge in [-0.3, -0.25) is 4.79 Å². The van der Waals surface area contributed by atoms with Gasteiger partial charge in [-0.25, -0.2) is 13.8 Å². The smallest absolute Gasteiger partial charge is 0.244 e. The van der Waals surface area contributed by atoms with Crippen molar-refractivity contribution in [1.82, 2.24) is 9.55 Å². The van der Waals surface area contributed by atoms with Crippen molar-refractivity contribution >= 4 is 34.4 Å². The Morgan fingerprint density at radius 3 is 2.64 bits per heavy atom. The molecule has 3 aromatic rings. The van der Waals surface area contributed by atoms with E-state index in [1.807, 2.05) is 24.3 Å². The normalized spacial score (nSPS) is 10.8. The topological polar surface area (TPSA) is 46.9 Å². The lowest BCUT2D eigenvalue weighted by Gasteiger charge is -2.10. The van der Waals surface area contributed by atoms with E-state index in [4.69, 9.17) is 0 Å². The van der Waals surface area contributed by atoms with Crippen LogP contribution in [0.3, 0.4) is 0 Å². The van der Waals surface area contributed by atoms with E-state index in [9.17, 15) is 13.6 Å². The van der Waals surface area contributed by atoms with Crippen LogP contribution >= 0.6 is 11.8 Å². The molecule has 0 fully saturated rings. The lowest BCUT2D eigenvalue weighted by Crippen LogP contribution is -2.20. The van der Waals surface area contributed by atoms with Crippen LogP contribution < -0.4 is 5.32 Å². The molecule has 0 radical (unpaired) electrons. The summed E-state index contributed by atoms with van der Waals surface area (Å²) in [6.45, 7) is 3.57. The third-order valence-electron chi connectivity index (χ3n) is 3.48. The zero-order valence-electron chi connectivity index (χ0n) is 13.2. The summed E-state index contributed by atoms with van der Waals surface area (Å²) >= 11 is 1.43. The van der Waals surface area contributed by atoms with E-state index < -0.39 is 23.2 Å². The van der Waals surface area contributed by atoms with Gasteiger partial charge in [-0.05, 0) is 24.3 Å². The number of carbonyl (C=O) groups is 1. The number of hydrogen-bond acceptors (Lipinski definition) is 3. The molecule has 0 saturated heterocycles. The fourth-order valence-electron chi connectivity index (χ4n) is 2.39. The second-order valence-corrected chi connectivity index (χ2v) is 6.20. The molecule has 128 valence electrons. The molecule has 0 aliphatic rings. The van der Waals surface area contributed by atoms with Crippen LogP contribution in [-0.4, -0.2) is 21.2 Å². The van der Waals surface area contributed by atoms with Gasteiger partial charge in [0, 0.05) is 5.75 Å². The van der Waals surface area contributed by atoms with Gasteiger partial charge in [0.15, 0.2) is 5.16 Å². The predicted molar refractivity (Wildman–Crippen MR) is 95.6 cm³/mol. The summed E-state index contributed by atoms with van der Waals surface area (Å²) in [6.07, 6.45) is 1.74. The second-order valence-electron chi connectivity index (χ2n) is 5.21. The molecule has 0 aliphatic heterocycles. The number of hydrogen-bond donors (Lipinski definition) is 1. The molecule has 1 N–H and O–H groups in total. The summed E-state index contributed by atoms with van der Waals surface area (Å²) in [5, 5.41) is 2.94. The Balaban J connectivity index is 1.88. The second kappa shape index (κ2) is 7.48. The molecule has 0 bridgehead atoms. The molecule has 0 unspecified atom stereocenters. The molecule has 3 rings (SSSR count). The molecular formula is C18H15F2N3OS. The van der Waals surface area contributed by atoms with E-state index >= 15 is 0 Å². The number of halogens is 2. The van der Waals surface area contributed by atoms with Gasteiger partial charge >= 0.3 is 0 Å². The van der Waals surface area contributed by atoms with Crippen LogP contribution in [0.4, 0.5) is 14.5 Å². The first kappa shape index (κ1) is 17.2. The highest BCUT2D eigenvalue weighted by molar-refractivity contribution is 7.99. The van der Waals surface area contributed by atoms with E-state index in [0.29, 0.717) is 10.9 Å². The average Bonchev–Trinajstić information content (AvgIpc) is 2.94. The third kappa shape index (κ3) is 3.71. The summed E-state index contributed by atoms with van der Waals surface area (Å²) in [4.78, 5) is 16.8. The lowest BCUT2D eigenvalue weighted by atomic mass is 10.3. The molecule has 2 aromatic carbocycles. The molecule has 7 heteroatoms. The minimum atomic E-state index is -0.815. The number of carbonyl (C=O) groups excluding carboxylic acids is 1. The Labute approximate surface area is 147 Å². The number of fused-ring (bicyclic) bond motifs is 1. The van der Waals surface area contributed by atoms with Crippen molar-refractivity contribution in [3.05, 3.63) is 66.8 Å². The van der Waals surface area contributed by atoms with Gasteiger partial charge < -0.3 is 9.88 Å². The molecule has 0 aliphatic carbocycles. The highest BCUT2D eigenvalue weighted by Gasteiger charge is 2.16. The van der Waals surface area contributed by atoms with Crippen molar-refractivity contribution in [3.8, 4) is 0 Å². The molecule has 0 saturated carbocycles. The standard InChI is InChI=1S/C18H15F2N3OS/c1-2-10-25-18-21-14-8-3-4-9-15(14)23(18)11-16(24)22-17-12(19)6-5-7-13(17)20/h2-9H,1,10-11H2,(H,22,24). The summed E-state index contributed by atoms with van der Waals surface area (Å²) in [7, 11) is 0. The van der Waals surface area contributed by atoms with E-state index in [-0.39, 0.29) is 6.54 Å². The summed E-state index contributed by atoms with van der Waals surface area (Å²) in [5.74, 6) is -1.53. The minimum absolute atomic E-state index is 0.103. The third-order valence-corrected chi connectivity index (χ3v) is 4.45. The van der Waals surface area contributed by atoms with Gasteiger partial charge in [-0.1, -0.05) is 36.0 Å². The van der Waals surface area contributed by atoms with Crippen LogP contribution in [0.5, 0.6) is 0 Å². The summed E-state index contributed by atoms with van der Waals surface area (Å²) < 4.78 is 29.1. The molecule has 25 heavy (non-hydrogen) atoms. The Bertz CT molecular complexity index is 919. The van der Waals surface area contributed by atoms with Crippen LogP contribution in [0.1, 0.15) is 0 Å². The number of nitrogens with one attached hydrogen (secondary N) is 1. The van der Waals surface area contributed by atoms with Crippen molar-refractivity contribution in [2.24, 2.45) is 0 Å². The number of imidazole rings is 1. The first-order chi connectivity index (χ1) is 12.1. The van der Waals surface area contributed by atoms with E-state index in [2.05, 4.69) is 16.9 Å². The molecule has 0 spiro atoms. The Hall–Kier alpha value is -2.67. The number of rotatable bonds is 6. The summed E-state index contributed by atoms with van der Waals surface area (Å²) in [5.41, 5.74) is 1.08. The van der Waals surface area contributed by atoms with Gasteiger partial charge in [-0.15, -0.1) is 6.58 Å². The van der Waals surface area contributed by atoms with Crippen LogP contribution in [-0.2, 0) is 11.3 Å². The lowest BCUT2D eigenvalue weighted by molar-refractivity contribution is -0.116. The Kier molecular flexibility index (Phi) is 5.14. The van der Waals surface area contributed by atoms with E-state index in [0.717, 1.165) is 23.2 Å². The SMILES string of the molecule is C=CCSc1nc2ccccc2n1CC(=O)Nc1c(F)cccc1F. The maximum atomic E-state index is 13.7. The van der Waals surface area contributed by atoms with Gasteiger partial charge in [-0.2, -0.15) is 0 Å². The average molecular weight is 359 g/mol. The van der Waals surface area contributed by atoms with Crippen molar-refractivity contribution < 1.29 is 13.6 Å². The van der Waals surface area contributed by atoms with Crippen molar-refractivity contribution in [2.45, 2.75) is 11.7 Å². The number of anilines is 1. The first-order valence-corrected chi connectivity index (χ1v) is 8.51. The van der Waals surface area contributed by atoms with Crippen LogP contribution in [0.15, 0.2) is 60.3 Å². The highest BCUT2D eigenvalue weighted by atomic mass is 32.2. The van der Waals surface area contributed by atoms with Crippen molar-refractivity contribution in [1.29, 1.82) is 0 Å². The zero-order chi connectivity index (χ0) is 17.8. The van der Waals surface area contributed by atoms with Gasteiger partial charge in [0.2, 0.25) is 5.91 Å². The number of para-hydroxylation sites is 3. The molecule has 1 aromatic heterocycles. The fourth-order valence-corrected chi connectivity index (χ4v) is 3.14. The first-order valence-electron chi connectivity index (χ1n) is 7.53. The minimum Gasteiger partial charge on any atom is -0.320 e. The molecular weight excluding hydrogens is 344 g/mol. The fraction of sp³-hybridized carbons (Fsp3) is 0.111. The molecule has 1 amide bonds. The number of thioether (sulfide) groups is 1. The quantitative estimate of drug-likeness (QED) is 0.529. The summed E-state index contributed by atoms with van der Waals surface area (Å²) in [6, 6.07) is 10.8. The van der Waals surface area contributed by atoms with E-state index in [1.165, 1.54) is 17.8 Å². The predicted octanol–water partition coefficient (Wildman–Crippen LogP) is 4.23. The van der Waals surface area contributed by atoms with Crippen molar-refractivity contribution in [2.75, 3.05) is 11.1 Å². The molecule has 4 nitrogen and oxygen atoms in total. The largest absolute Gasteiger partial charge is 0.320 e. The Morgan fingerprint density at radius 2 is 1.92 bits per heavy atom. The van der Waals surface area contributed by atoms with Crippen LogP contribution in [0.2, 0.25) is 0 Å². The van der Waals surface area contributed by atoms with E-state index in [1.54, 1.807) is 10.6 Å². The number of aromatic nitrogens is 2. The van der Waals surface area contributed by atoms with Crippen LogP contribution in [0.25, 0.3) is 11.0 Å². The maximum absolute atomic E-state index is 13.7. The monoisotopic (exact) mass is 359 g/mol. The van der Waals surface area contributed by atoms with Gasteiger partial charge in [0.25, 0.3) is 0 Å². The molecule has 0 atom stereocenters. The molecule has 1 heterocycles. The maximum Gasteiger partial charge on any atom is 0.244 e. The van der Waals surface area contributed by atoms with Crippen molar-refractivity contribution in [3.63, 3.8) is 0 Å². The highest BCUT2D eigenvalue weighted by Crippen LogP contribution is 2.24. The zero-order valence-corrected chi connectivity index (χ0v) is 14.0.